The van der Waals surface area contributed by atoms with Gasteiger partial charge in [-0.15, -0.1) is 0 Å². The number of benzene rings is 1. The van der Waals surface area contributed by atoms with Crippen molar-refractivity contribution in [2.24, 2.45) is 4.99 Å². The number of isocyanates is 1. The van der Waals surface area contributed by atoms with Crippen LogP contribution in [0, 0.1) is 0 Å². The lowest BCUT2D eigenvalue weighted by molar-refractivity contribution is 0.304. The lowest BCUT2D eigenvalue weighted by Gasteiger charge is -2.06. The maximum atomic E-state index is 10.2. The zero-order valence-electron chi connectivity index (χ0n) is 13.9. The fraction of sp³-hybridized carbons (Fsp3) is 0.632. The van der Waals surface area contributed by atoms with Crippen LogP contribution in [-0.2, 0) is 4.79 Å². The van der Waals surface area contributed by atoms with E-state index in [4.69, 9.17) is 4.74 Å². The Morgan fingerprint density at radius 1 is 0.955 bits per heavy atom. The van der Waals surface area contributed by atoms with Crippen molar-refractivity contribution in [3.05, 3.63) is 24.3 Å². The average Bonchev–Trinajstić information content (AvgIpc) is 2.53. The van der Waals surface area contributed by atoms with Gasteiger partial charge in [0.05, 0.1) is 12.3 Å². The monoisotopic (exact) mass is 303 g/mol. The second-order valence-electron chi connectivity index (χ2n) is 5.73. The van der Waals surface area contributed by atoms with Crippen LogP contribution in [-0.4, -0.2) is 12.7 Å². The second kappa shape index (κ2) is 13.1. The molecule has 0 fully saturated rings. The topological polar surface area (TPSA) is 38.7 Å². The molecule has 1 aromatic carbocycles. The second-order valence-corrected chi connectivity index (χ2v) is 5.73. The van der Waals surface area contributed by atoms with Gasteiger partial charge in [0.25, 0.3) is 0 Å². The minimum absolute atomic E-state index is 0.593. The molecule has 0 atom stereocenters. The first-order chi connectivity index (χ1) is 10.9. The van der Waals surface area contributed by atoms with E-state index in [9.17, 15) is 4.79 Å². The third-order valence-corrected chi connectivity index (χ3v) is 3.76. The molecule has 0 amide bonds. The summed E-state index contributed by atoms with van der Waals surface area (Å²) in [5, 5.41) is 0. The molecule has 0 aliphatic carbocycles. The molecule has 0 aliphatic rings. The minimum atomic E-state index is 0.593. The summed E-state index contributed by atoms with van der Waals surface area (Å²) < 4.78 is 5.68. The van der Waals surface area contributed by atoms with Crippen LogP contribution >= 0.6 is 0 Å². The standard InChI is InChI=1S/C19H29NO2/c1-2-3-4-5-6-7-8-9-10-11-15-22-19-14-12-13-18(16-19)20-17-21/h12-14,16H,2-11,15H2,1H3. The number of hydrogen-bond donors (Lipinski definition) is 0. The molecule has 0 spiro atoms. The Labute approximate surface area is 134 Å². The largest absolute Gasteiger partial charge is 0.494 e. The minimum Gasteiger partial charge on any atom is -0.494 e. The highest BCUT2D eigenvalue weighted by molar-refractivity contribution is 5.51. The number of aliphatic imine (C=N–C) groups is 1. The highest BCUT2D eigenvalue weighted by atomic mass is 16.5. The van der Waals surface area contributed by atoms with Gasteiger partial charge in [0.2, 0.25) is 6.08 Å². The SMILES string of the molecule is CCCCCCCCCCCCOc1cccc(N=C=O)c1. The van der Waals surface area contributed by atoms with Crippen LogP contribution in [0.2, 0.25) is 0 Å². The number of carbonyl (C=O) groups excluding carboxylic acids is 1. The normalized spacial score (nSPS) is 10.2. The molecule has 0 N–H and O–H groups in total. The highest BCUT2D eigenvalue weighted by Crippen LogP contribution is 2.19. The summed E-state index contributed by atoms with van der Waals surface area (Å²) in [4.78, 5) is 13.8. The van der Waals surface area contributed by atoms with E-state index in [-0.39, 0.29) is 0 Å². The molecule has 1 rings (SSSR count). The summed E-state index contributed by atoms with van der Waals surface area (Å²) in [6, 6.07) is 7.25. The Morgan fingerprint density at radius 2 is 1.59 bits per heavy atom. The van der Waals surface area contributed by atoms with Crippen LogP contribution < -0.4 is 4.74 Å². The number of nitrogens with zero attached hydrogens (tertiary/aromatic N) is 1. The first-order valence-electron chi connectivity index (χ1n) is 8.67. The Balaban J connectivity index is 1.97. The smallest absolute Gasteiger partial charge is 0.240 e. The fourth-order valence-corrected chi connectivity index (χ4v) is 2.48. The summed E-state index contributed by atoms with van der Waals surface area (Å²) in [6.07, 6.45) is 14.8. The molecule has 3 nitrogen and oxygen atoms in total. The zero-order valence-corrected chi connectivity index (χ0v) is 13.9. The van der Waals surface area contributed by atoms with Crippen molar-refractivity contribution >= 4 is 11.8 Å². The Hall–Kier alpha value is -1.60. The number of rotatable bonds is 13. The third-order valence-electron chi connectivity index (χ3n) is 3.76. The average molecular weight is 303 g/mol. The molecule has 0 heterocycles. The van der Waals surface area contributed by atoms with E-state index >= 15 is 0 Å². The Bertz CT molecular complexity index is 439. The van der Waals surface area contributed by atoms with Crippen LogP contribution in [0.15, 0.2) is 29.3 Å². The van der Waals surface area contributed by atoms with E-state index in [2.05, 4.69) is 11.9 Å². The molecular weight excluding hydrogens is 274 g/mol. The van der Waals surface area contributed by atoms with E-state index in [1.807, 2.05) is 12.1 Å². The van der Waals surface area contributed by atoms with Crippen molar-refractivity contribution in [2.75, 3.05) is 6.61 Å². The van der Waals surface area contributed by atoms with Gasteiger partial charge in [-0.2, -0.15) is 4.99 Å². The number of unbranched alkanes of at least 4 members (excludes halogenated alkanes) is 9. The first-order valence-corrected chi connectivity index (χ1v) is 8.67. The van der Waals surface area contributed by atoms with Crippen LogP contribution in [0.5, 0.6) is 5.75 Å². The van der Waals surface area contributed by atoms with Crippen LogP contribution in [0.25, 0.3) is 0 Å². The van der Waals surface area contributed by atoms with Gasteiger partial charge in [-0.25, -0.2) is 4.79 Å². The van der Waals surface area contributed by atoms with Crippen LogP contribution in [0.1, 0.15) is 71.1 Å². The molecule has 0 aromatic heterocycles. The molecule has 0 bridgehead atoms. The zero-order chi connectivity index (χ0) is 15.9. The van der Waals surface area contributed by atoms with Gasteiger partial charge in [-0.1, -0.05) is 70.8 Å². The lowest BCUT2D eigenvalue weighted by Crippen LogP contribution is -1.97. The molecule has 0 saturated heterocycles. The van der Waals surface area contributed by atoms with Crippen molar-refractivity contribution in [1.29, 1.82) is 0 Å². The summed E-state index contributed by atoms with van der Waals surface area (Å²) in [7, 11) is 0. The van der Waals surface area contributed by atoms with Gasteiger partial charge in [0, 0.05) is 6.07 Å². The molecule has 0 aliphatic heterocycles. The van der Waals surface area contributed by atoms with Crippen molar-refractivity contribution in [2.45, 2.75) is 71.1 Å². The molecule has 0 radical (unpaired) electrons. The van der Waals surface area contributed by atoms with Crippen molar-refractivity contribution in [3.8, 4) is 5.75 Å². The van der Waals surface area contributed by atoms with E-state index in [0.29, 0.717) is 5.69 Å². The van der Waals surface area contributed by atoms with Crippen LogP contribution in [0.4, 0.5) is 5.69 Å². The molecule has 0 saturated carbocycles. The summed E-state index contributed by atoms with van der Waals surface area (Å²) in [5.41, 5.74) is 0.593. The molecule has 122 valence electrons. The maximum absolute atomic E-state index is 10.2. The fourth-order valence-electron chi connectivity index (χ4n) is 2.48. The highest BCUT2D eigenvalue weighted by Gasteiger charge is 1.97. The first kappa shape index (κ1) is 18.4. The predicted molar refractivity (Wildman–Crippen MR) is 91.6 cm³/mol. The van der Waals surface area contributed by atoms with E-state index in [1.165, 1.54) is 57.8 Å². The Kier molecular flexibility index (Phi) is 11.0. The maximum Gasteiger partial charge on any atom is 0.240 e. The molecule has 0 unspecified atom stereocenters. The van der Waals surface area contributed by atoms with Gasteiger partial charge in [0.1, 0.15) is 5.75 Å². The van der Waals surface area contributed by atoms with Crippen LogP contribution in [0.3, 0.4) is 0 Å². The summed E-state index contributed by atoms with van der Waals surface area (Å²) >= 11 is 0. The van der Waals surface area contributed by atoms with Gasteiger partial charge >= 0.3 is 0 Å². The van der Waals surface area contributed by atoms with Gasteiger partial charge in [0.15, 0.2) is 0 Å². The van der Waals surface area contributed by atoms with Gasteiger partial charge in [-0.05, 0) is 18.6 Å². The van der Waals surface area contributed by atoms with E-state index < -0.39 is 0 Å². The van der Waals surface area contributed by atoms with Crippen molar-refractivity contribution < 1.29 is 9.53 Å². The van der Waals surface area contributed by atoms with Gasteiger partial charge in [-0.3, -0.25) is 0 Å². The van der Waals surface area contributed by atoms with Crippen molar-refractivity contribution in [3.63, 3.8) is 0 Å². The number of ether oxygens (including phenoxy) is 1. The van der Waals surface area contributed by atoms with E-state index in [1.54, 1.807) is 18.2 Å². The Morgan fingerprint density at radius 3 is 2.23 bits per heavy atom. The molecule has 22 heavy (non-hydrogen) atoms. The molecule has 3 heteroatoms. The van der Waals surface area contributed by atoms with E-state index in [0.717, 1.165) is 18.8 Å². The van der Waals surface area contributed by atoms with Crippen molar-refractivity contribution in [1.82, 2.24) is 0 Å². The summed E-state index contributed by atoms with van der Waals surface area (Å²) in [5.74, 6) is 0.771. The molecular formula is C19H29NO2. The third kappa shape index (κ3) is 9.36. The lowest BCUT2D eigenvalue weighted by atomic mass is 10.1. The molecule has 1 aromatic rings. The predicted octanol–water partition coefficient (Wildman–Crippen LogP) is 5.95. The number of hydrogen-bond acceptors (Lipinski definition) is 3. The van der Waals surface area contributed by atoms with Gasteiger partial charge < -0.3 is 4.74 Å². The summed E-state index contributed by atoms with van der Waals surface area (Å²) in [6.45, 7) is 2.98. The quantitative estimate of drug-likeness (QED) is 0.256.